The minimum atomic E-state index is -4.08. The lowest BCUT2D eigenvalue weighted by Gasteiger charge is -2.26. The predicted molar refractivity (Wildman–Crippen MR) is 135 cm³/mol. The molecule has 2 amide bonds. The van der Waals surface area contributed by atoms with Crippen LogP contribution in [0.5, 0.6) is 0 Å². The lowest BCUT2D eigenvalue weighted by Crippen LogP contribution is -2.39. The van der Waals surface area contributed by atoms with Crippen LogP contribution in [0.1, 0.15) is 29.3 Å². The minimum absolute atomic E-state index is 0.0431. The first kappa shape index (κ1) is 25.3. The number of carbonyl (C=O) groups excluding carboxylic acids is 2. The molecule has 0 aliphatic carbocycles. The lowest BCUT2D eigenvalue weighted by atomic mass is 10.1. The summed E-state index contributed by atoms with van der Waals surface area (Å²) in [5, 5.41) is 5.84. The smallest absolute Gasteiger partial charge is 0.264 e. The molecular formula is C25H26ClN3O4S. The number of hydrogen-bond acceptors (Lipinski definition) is 4. The molecule has 0 heterocycles. The van der Waals surface area contributed by atoms with Gasteiger partial charge in [0.1, 0.15) is 6.54 Å². The summed E-state index contributed by atoms with van der Waals surface area (Å²) >= 11 is 6.25. The number of hydrogen-bond donors (Lipinski definition) is 2. The highest BCUT2D eigenvalue weighted by Gasteiger charge is 2.29. The second-order valence-corrected chi connectivity index (χ2v) is 9.83. The normalized spacial score (nSPS) is 11.0. The van der Waals surface area contributed by atoms with Crippen molar-refractivity contribution in [2.75, 3.05) is 22.7 Å². The number of nitrogens with one attached hydrogen (secondary N) is 2. The molecule has 34 heavy (non-hydrogen) atoms. The molecule has 0 bridgehead atoms. The number of halogens is 1. The van der Waals surface area contributed by atoms with E-state index in [0.717, 1.165) is 10.7 Å². The molecule has 0 aliphatic heterocycles. The van der Waals surface area contributed by atoms with Crippen LogP contribution in [0.25, 0.3) is 0 Å². The van der Waals surface area contributed by atoms with Gasteiger partial charge in [-0.3, -0.25) is 13.9 Å². The molecule has 2 N–H and O–H groups in total. The quantitative estimate of drug-likeness (QED) is 0.449. The van der Waals surface area contributed by atoms with Crippen LogP contribution >= 0.6 is 11.6 Å². The van der Waals surface area contributed by atoms with Crippen LogP contribution in [-0.4, -0.2) is 33.3 Å². The van der Waals surface area contributed by atoms with E-state index in [1.54, 1.807) is 67.6 Å². The van der Waals surface area contributed by atoms with Crippen LogP contribution in [0.15, 0.2) is 77.7 Å². The fourth-order valence-corrected chi connectivity index (χ4v) is 5.00. The Hall–Kier alpha value is -3.36. The number of amides is 2. The maximum atomic E-state index is 13.5. The van der Waals surface area contributed by atoms with Crippen molar-refractivity contribution < 1.29 is 18.0 Å². The summed E-state index contributed by atoms with van der Waals surface area (Å²) in [5.41, 5.74) is 1.40. The van der Waals surface area contributed by atoms with Crippen molar-refractivity contribution in [1.82, 2.24) is 5.32 Å². The average molecular weight is 500 g/mol. The number of sulfonamides is 1. The van der Waals surface area contributed by atoms with E-state index in [1.807, 2.05) is 6.92 Å². The lowest BCUT2D eigenvalue weighted by molar-refractivity contribution is -0.114. The predicted octanol–water partition coefficient (Wildman–Crippen LogP) is 4.62. The summed E-state index contributed by atoms with van der Waals surface area (Å²) in [5.74, 6) is -0.924. The molecule has 0 saturated carbocycles. The van der Waals surface area contributed by atoms with E-state index in [4.69, 9.17) is 11.6 Å². The van der Waals surface area contributed by atoms with E-state index >= 15 is 0 Å². The largest absolute Gasteiger partial charge is 0.352 e. The summed E-state index contributed by atoms with van der Waals surface area (Å²) in [7, 11) is -4.08. The van der Waals surface area contributed by atoms with E-state index in [0.29, 0.717) is 34.1 Å². The van der Waals surface area contributed by atoms with Gasteiger partial charge in [-0.25, -0.2) is 8.42 Å². The second-order valence-electron chi connectivity index (χ2n) is 7.56. The molecule has 178 valence electrons. The van der Waals surface area contributed by atoms with E-state index in [1.165, 1.54) is 12.1 Å². The SMILES string of the molecule is CCCNC(=O)c1ccccc1NC(=O)CN(c1cccc(Cl)c1C)S(=O)(=O)c1ccccc1. The fourth-order valence-electron chi connectivity index (χ4n) is 3.33. The van der Waals surface area contributed by atoms with Gasteiger partial charge in [-0.05, 0) is 55.3 Å². The van der Waals surface area contributed by atoms with Crippen molar-refractivity contribution >= 4 is 44.8 Å². The van der Waals surface area contributed by atoms with Crippen molar-refractivity contribution in [3.8, 4) is 0 Å². The molecule has 9 heteroatoms. The summed E-state index contributed by atoms with van der Waals surface area (Å²) in [4.78, 5) is 25.6. The highest BCUT2D eigenvalue weighted by molar-refractivity contribution is 7.92. The highest BCUT2D eigenvalue weighted by Crippen LogP contribution is 2.31. The zero-order chi connectivity index (χ0) is 24.7. The van der Waals surface area contributed by atoms with E-state index in [-0.39, 0.29) is 10.8 Å². The molecule has 0 radical (unpaired) electrons. The van der Waals surface area contributed by atoms with Gasteiger partial charge in [0.2, 0.25) is 5.91 Å². The third kappa shape index (κ3) is 5.76. The van der Waals surface area contributed by atoms with Crippen molar-refractivity contribution in [2.24, 2.45) is 0 Å². The highest BCUT2D eigenvalue weighted by atomic mass is 35.5. The number of rotatable bonds is 9. The number of carbonyl (C=O) groups is 2. The molecular weight excluding hydrogens is 474 g/mol. The van der Waals surface area contributed by atoms with Gasteiger partial charge in [0.15, 0.2) is 0 Å². The van der Waals surface area contributed by atoms with Crippen molar-refractivity contribution in [1.29, 1.82) is 0 Å². The van der Waals surface area contributed by atoms with Gasteiger partial charge in [-0.15, -0.1) is 0 Å². The van der Waals surface area contributed by atoms with Gasteiger partial charge in [0.25, 0.3) is 15.9 Å². The Kier molecular flexibility index (Phi) is 8.31. The first-order valence-electron chi connectivity index (χ1n) is 10.8. The monoisotopic (exact) mass is 499 g/mol. The first-order chi connectivity index (χ1) is 16.3. The third-order valence-corrected chi connectivity index (χ3v) is 7.29. The number of benzene rings is 3. The number of anilines is 2. The van der Waals surface area contributed by atoms with Gasteiger partial charge in [0, 0.05) is 11.6 Å². The molecule has 7 nitrogen and oxygen atoms in total. The maximum Gasteiger partial charge on any atom is 0.264 e. The molecule has 3 aromatic carbocycles. The van der Waals surface area contributed by atoms with Gasteiger partial charge >= 0.3 is 0 Å². The van der Waals surface area contributed by atoms with Crippen molar-refractivity contribution in [3.05, 3.63) is 88.9 Å². The molecule has 0 spiro atoms. The molecule has 0 unspecified atom stereocenters. The Morgan fingerprint density at radius 2 is 1.62 bits per heavy atom. The molecule has 0 saturated heterocycles. The summed E-state index contributed by atoms with van der Waals surface area (Å²) in [6, 6.07) is 19.3. The van der Waals surface area contributed by atoms with Gasteiger partial charge in [-0.1, -0.05) is 54.9 Å². The zero-order valence-corrected chi connectivity index (χ0v) is 20.5. The molecule has 0 atom stereocenters. The zero-order valence-electron chi connectivity index (χ0n) is 18.9. The van der Waals surface area contributed by atoms with Gasteiger partial charge in [-0.2, -0.15) is 0 Å². The van der Waals surface area contributed by atoms with Crippen LogP contribution in [0.2, 0.25) is 5.02 Å². The number of nitrogens with zero attached hydrogens (tertiary/aromatic N) is 1. The van der Waals surface area contributed by atoms with Crippen LogP contribution in [0, 0.1) is 6.92 Å². The van der Waals surface area contributed by atoms with Crippen molar-refractivity contribution in [2.45, 2.75) is 25.2 Å². The van der Waals surface area contributed by atoms with Crippen LogP contribution in [0.3, 0.4) is 0 Å². The van der Waals surface area contributed by atoms with E-state index < -0.39 is 22.5 Å². The van der Waals surface area contributed by atoms with Crippen LogP contribution in [0.4, 0.5) is 11.4 Å². The Morgan fingerprint density at radius 1 is 0.941 bits per heavy atom. The molecule has 0 aromatic heterocycles. The first-order valence-corrected chi connectivity index (χ1v) is 12.6. The minimum Gasteiger partial charge on any atom is -0.352 e. The molecule has 3 rings (SSSR count). The van der Waals surface area contributed by atoms with Crippen LogP contribution in [-0.2, 0) is 14.8 Å². The summed E-state index contributed by atoms with van der Waals surface area (Å²) in [6.45, 7) is 3.62. The summed E-state index contributed by atoms with van der Waals surface area (Å²) < 4.78 is 28.1. The van der Waals surface area contributed by atoms with Gasteiger partial charge in [0.05, 0.1) is 21.8 Å². The Bertz CT molecular complexity index is 1280. The fraction of sp³-hybridized carbons (Fsp3) is 0.200. The molecule has 3 aromatic rings. The second kappa shape index (κ2) is 11.2. The molecule has 0 fully saturated rings. The third-order valence-electron chi connectivity index (χ3n) is 5.11. The molecule has 0 aliphatic rings. The Balaban J connectivity index is 1.95. The standard InChI is InChI=1S/C25H26ClN3O4S/c1-3-16-27-25(31)20-12-7-8-14-22(20)28-24(30)17-29(23-15-9-13-21(26)18(23)2)34(32,33)19-10-5-4-6-11-19/h4-15H,3,16-17H2,1-2H3,(H,27,31)(H,28,30). The average Bonchev–Trinajstić information content (AvgIpc) is 2.84. The Morgan fingerprint density at radius 3 is 2.32 bits per heavy atom. The van der Waals surface area contributed by atoms with E-state index in [9.17, 15) is 18.0 Å². The maximum absolute atomic E-state index is 13.5. The topological polar surface area (TPSA) is 95.6 Å². The van der Waals surface area contributed by atoms with Crippen molar-refractivity contribution in [3.63, 3.8) is 0 Å². The summed E-state index contributed by atoms with van der Waals surface area (Å²) in [6.07, 6.45) is 0.769. The van der Waals surface area contributed by atoms with Crippen LogP contribution < -0.4 is 14.9 Å². The number of para-hydroxylation sites is 1. The van der Waals surface area contributed by atoms with Gasteiger partial charge < -0.3 is 10.6 Å². The van der Waals surface area contributed by atoms with E-state index in [2.05, 4.69) is 10.6 Å². The Labute approximate surface area is 204 Å².